The van der Waals surface area contributed by atoms with Gasteiger partial charge in [0.05, 0.1) is 4.90 Å². The van der Waals surface area contributed by atoms with Gasteiger partial charge in [-0.05, 0) is 77.2 Å². The molecule has 0 aromatic heterocycles. The van der Waals surface area contributed by atoms with Gasteiger partial charge in [0.2, 0.25) is 0 Å². The van der Waals surface area contributed by atoms with Gasteiger partial charge in [-0.3, -0.25) is 9.52 Å². The van der Waals surface area contributed by atoms with E-state index in [1.165, 1.54) is 28.6 Å². The fourth-order valence-electron chi connectivity index (χ4n) is 4.67. The molecule has 2 aliphatic rings. The number of anilines is 2. The number of hydrogen-bond donors (Lipinski definition) is 2. The van der Waals surface area contributed by atoms with E-state index < -0.39 is 10.0 Å². The van der Waals surface area contributed by atoms with Gasteiger partial charge in [-0.2, -0.15) is 0 Å². The lowest BCUT2D eigenvalue weighted by Crippen LogP contribution is -2.17. The number of hydrogen-bond acceptors (Lipinski definition) is 5. The molecule has 0 saturated carbocycles. The molecule has 0 bridgehead atoms. The molecule has 0 fully saturated rings. The van der Waals surface area contributed by atoms with Gasteiger partial charge < -0.3 is 14.8 Å². The number of nitrogens with one attached hydrogen (secondary N) is 2. The van der Waals surface area contributed by atoms with Gasteiger partial charge in [-0.25, -0.2) is 8.42 Å². The van der Waals surface area contributed by atoms with E-state index in [-0.39, 0.29) is 10.8 Å². The van der Waals surface area contributed by atoms with Crippen molar-refractivity contribution in [1.29, 1.82) is 0 Å². The Labute approximate surface area is 202 Å². The second-order valence-electron chi connectivity index (χ2n) is 8.55. The van der Waals surface area contributed by atoms with Crippen molar-refractivity contribution < 1.29 is 22.7 Å². The van der Waals surface area contributed by atoms with Gasteiger partial charge in [0, 0.05) is 23.0 Å². The van der Waals surface area contributed by atoms with Crippen LogP contribution in [0, 0.1) is 0 Å². The smallest absolute Gasteiger partial charge is 0.262 e. The molecule has 35 heavy (non-hydrogen) atoms. The minimum atomic E-state index is -3.83. The Morgan fingerprint density at radius 3 is 2.29 bits per heavy atom. The third kappa shape index (κ3) is 3.95. The first kappa shape index (κ1) is 21.5. The van der Waals surface area contributed by atoms with Gasteiger partial charge in [-0.1, -0.05) is 24.3 Å². The Kier molecular flexibility index (Phi) is 5.11. The molecule has 7 nitrogen and oxygen atoms in total. The van der Waals surface area contributed by atoms with Crippen LogP contribution in [0.15, 0.2) is 77.7 Å². The average Bonchev–Trinajstić information content (AvgIpc) is 3.30. The third-order valence-electron chi connectivity index (χ3n) is 6.34. The minimum Gasteiger partial charge on any atom is -0.486 e. The van der Waals surface area contributed by atoms with Crippen LogP contribution in [0.4, 0.5) is 11.4 Å². The van der Waals surface area contributed by atoms with Crippen molar-refractivity contribution in [3.8, 4) is 11.5 Å². The Bertz CT molecular complexity index is 1570. The van der Waals surface area contributed by atoms with Crippen molar-refractivity contribution in [2.24, 2.45) is 0 Å². The fourth-order valence-corrected chi connectivity index (χ4v) is 5.74. The Hall–Kier alpha value is -4.04. The number of amides is 1. The molecule has 0 radical (unpaired) electrons. The largest absolute Gasteiger partial charge is 0.486 e. The molecule has 0 saturated heterocycles. The maximum atomic E-state index is 13.0. The summed E-state index contributed by atoms with van der Waals surface area (Å²) in [6, 6.07) is 21.1. The standard InChI is InChI=1S/C27H22N2O5S/c30-27(23-12-6-18-5-4-17-2-1-3-22(23)26(17)18)28-19-7-9-20(10-8-19)29-35(31,32)21-11-13-24-25(16-21)34-15-14-33-24/h1-3,6-13,16,29H,4-5,14-15H2,(H,28,30). The van der Waals surface area contributed by atoms with E-state index in [9.17, 15) is 13.2 Å². The second-order valence-corrected chi connectivity index (χ2v) is 10.2. The molecule has 4 aromatic carbocycles. The van der Waals surface area contributed by atoms with E-state index in [1.54, 1.807) is 30.3 Å². The predicted molar refractivity (Wildman–Crippen MR) is 134 cm³/mol. The lowest BCUT2D eigenvalue weighted by molar-refractivity contribution is 0.102. The predicted octanol–water partition coefficient (Wildman–Crippen LogP) is 4.76. The molecule has 8 heteroatoms. The third-order valence-corrected chi connectivity index (χ3v) is 7.72. The van der Waals surface area contributed by atoms with Gasteiger partial charge in [0.25, 0.3) is 15.9 Å². The molecule has 1 amide bonds. The fraction of sp³-hybridized carbons (Fsp3) is 0.148. The molecule has 6 rings (SSSR count). The van der Waals surface area contributed by atoms with Crippen molar-refractivity contribution in [2.75, 3.05) is 23.3 Å². The zero-order valence-electron chi connectivity index (χ0n) is 18.7. The highest BCUT2D eigenvalue weighted by molar-refractivity contribution is 7.92. The number of carbonyl (C=O) groups is 1. The number of aryl methyl sites for hydroxylation is 2. The highest BCUT2D eigenvalue weighted by Crippen LogP contribution is 2.34. The molecule has 0 unspecified atom stereocenters. The van der Waals surface area contributed by atoms with Gasteiger partial charge >= 0.3 is 0 Å². The molecule has 1 heterocycles. The van der Waals surface area contributed by atoms with Crippen molar-refractivity contribution in [3.05, 3.63) is 89.5 Å². The van der Waals surface area contributed by atoms with Gasteiger partial charge in [-0.15, -0.1) is 0 Å². The summed E-state index contributed by atoms with van der Waals surface area (Å²) in [7, 11) is -3.83. The van der Waals surface area contributed by atoms with E-state index in [0.717, 1.165) is 18.2 Å². The molecule has 0 spiro atoms. The van der Waals surface area contributed by atoms with Crippen LogP contribution in [-0.2, 0) is 22.9 Å². The number of ether oxygens (including phenoxy) is 2. The lowest BCUT2D eigenvalue weighted by atomic mass is 9.99. The number of sulfonamides is 1. The Morgan fingerprint density at radius 1 is 0.771 bits per heavy atom. The Balaban J connectivity index is 1.19. The van der Waals surface area contributed by atoms with E-state index in [2.05, 4.69) is 16.1 Å². The van der Waals surface area contributed by atoms with E-state index >= 15 is 0 Å². The zero-order chi connectivity index (χ0) is 24.0. The summed E-state index contributed by atoms with van der Waals surface area (Å²) < 4.78 is 39.2. The molecular formula is C27H22N2O5S. The number of benzene rings is 4. The van der Waals surface area contributed by atoms with Crippen LogP contribution in [-0.4, -0.2) is 27.5 Å². The minimum absolute atomic E-state index is 0.0752. The summed E-state index contributed by atoms with van der Waals surface area (Å²) in [5.74, 6) is 0.723. The first-order chi connectivity index (χ1) is 17.0. The maximum Gasteiger partial charge on any atom is 0.262 e. The molecule has 1 aliphatic heterocycles. The van der Waals surface area contributed by atoms with Crippen LogP contribution in [0.1, 0.15) is 21.5 Å². The van der Waals surface area contributed by atoms with Crippen molar-refractivity contribution in [3.63, 3.8) is 0 Å². The summed E-state index contributed by atoms with van der Waals surface area (Å²) >= 11 is 0. The highest BCUT2D eigenvalue weighted by Gasteiger charge is 2.21. The van der Waals surface area contributed by atoms with Crippen LogP contribution >= 0.6 is 0 Å². The van der Waals surface area contributed by atoms with Crippen LogP contribution in [0.3, 0.4) is 0 Å². The van der Waals surface area contributed by atoms with Crippen LogP contribution < -0.4 is 19.5 Å². The van der Waals surface area contributed by atoms with Gasteiger partial charge in [0.15, 0.2) is 11.5 Å². The summed E-state index contributed by atoms with van der Waals surface area (Å²) in [5.41, 5.74) is 4.13. The van der Waals surface area contributed by atoms with Crippen LogP contribution in [0.25, 0.3) is 10.8 Å². The number of carbonyl (C=O) groups excluding carboxylic acids is 1. The van der Waals surface area contributed by atoms with Crippen LogP contribution in [0.2, 0.25) is 0 Å². The summed E-state index contributed by atoms with van der Waals surface area (Å²) in [4.78, 5) is 13.1. The molecule has 2 N–H and O–H groups in total. The van der Waals surface area contributed by atoms with E-state index in [4.69, 9.17) is 9.47 Å². The monoisotopic (exact) mass is 486 g/mol. The number of rotatable bonds is 5. The molecule has 1 aliphatic carbocycles. The normalized spacial score (nSPS) is 14.1. The van der Waals surface area contributed by atoms with E-state index in [0.29, 0.717) is 41.7 Å². The molecule has 4 aromatic rings. The maximum absolute atomic E-state index is 13.0. The van der Waals surface area contributed by atoms with Crippen molar-refractivity contribution in [1.82, 2.24) is 0 Å². The quantitative estimate of drug-likeness (QED) is 0.424. The van der Waals surface area contributed by atoms with Gasteiger partial charge in [0.1, 0.15) is 13.2 Å². The lowest BCUT2D eigenvalue weighted by Gasteiger charge is -2.19. The first-order valence-electron chi connectivity index (χ1n) is 11.4. The SMILES string of the molecule is O=C(Nc1ccc(NS(=O)(=O)c2ccc3c(c2)OCCO3)cc1)c1ccc2c3c(cccc13)CC2. The number of fused-ring (bicyclic) bond motifs is 1. The zero-order valence-corrected chi connectivity index (χ0v) is 19.5. The van der Waals surface area contributed by atoms with E-state index in [1.807, 2.05) is 24.3 Å². The Morgan fingerprint density at radius 2 is 1.49 bits per heavy atom. The van der Waals surface area contributed by atoms with Crippen LogP contribution in [0.5, 0.6) is 11.5 Å². The molecular weight excluding hydrogens is 464 g/mol. The van der Waals surface area contributed by atoms with Crippen molar-refractivity contribution >= 4 is 38.1 Å². The average molecular weight is 487 g/mol. The molecule has 176 valence electrons. The topological polar surface area (TPSA) is 93.7 Å². The first-order valence-corrected chi connectivity index (χ1v) is 12.8. The summed E-state index contributed by atoms with van der Waals surface area (Å²) in [6.07, 6.45) is 2.00. The second kappa shape index (κ2) is 8.32. The molecule has 0 atom stereocenters. The summed E-state index contributed by atoms with van der Waals surface area (Å²) in [6.45, 7) is 0.807. The highest BCUT2D eigenvalue weighted by atomic mass is 32.2. The van der Waals surface area contributed by atoms with Crippen molar-refractivity contribution in [2.45, 2.75) is 17.7 Å². The summed E-state index contributed by atoms with van der Waals surface area (Å²) in [5, 5.41) is 5.06.